The maximum Gasteiger partial charge on any atom is 0.123 e. The molecule has 1 aromatic carbocycles. The number of rotatable bonds is 4. The molecule has 0 bridgehead atoms. The van der Waals surface area contributed by atoms with Crippen molar-refractivity contribution in [2.24, 2.45) is 5.84 Å². The molecule has 0 saturated heterocycles. The van der Waals surface area contributed by atoms with E-state index in [2.05, 4.69) is 26.3 Å². The maximum atomic E-state index is 13.3. The Hall–Kier alpha value is -1.34. The zero-order valence-corrected chi connectivity index (χ0v) is 13.4. The predicted octanol–water partition coefficient (Wildman–Crippen LogP) is 3.95. The van der Waals surface area contributed by atoms with Gasteiger partial charge in [0.05, 0.1) is 6.04 Å². The standard InChI is InChI=1S/C15H13BrFN3S/c16-10-1-3-12(19-8-10)7-13(20-18)15-6-9-5-11(17)2-4-14(9)21-15/h1-6,8,13,20H,7,18H2. The van der Waals surface area contributed by atoms with Gasteiger partial charge in [-0.15, -0.1) is 11.3 Å². The van der Waals surface area contributed by atoms with Gasteiger partial charge in [0.15, 0.2) is 0 Å². The Morgan fingerprint density at radius 1 is 1.29 bits per heavy atom. The second-order valence-corrected chi connectivity index (χ2v) is 6.75. The first kappa shape index (κ1) is 14.6. The van der Waals surface area contributed by atoms with Crippen LogP contribution in [-0.4, -0.2) is 4.98 Å². The third-order valence-corrected chi connectivity index (χ3v) is 4.94. The van der Waals surface area contributed by atoms with Crippen molar-refractivity contribution >= 4 is 37.4 Å². The zero-order chi connectivity index (χ0) is 14.8. The number of thiophene rings is 1. The monoisotopic (exact) mass is 365 g/mol. The second-order valence-electron chi connectivity index (χ2n) is 4.72. The highest BCUT2D eigenvalue weighted by atomic mass is 79.9. The molecule has 0 aliphatic heterocycles. The lowest BCUT2D eigenvalue weighted by molar-refractivity contribution is 0.554. The fourth-order valence-corrected chi connectivity index (χ4v) is 3.52. The van der Waals surface area contributed by atoms with E-state index in [0.29, 0.717) is 6.42 Å². The summed E-state index contributed by atoms with van der Waals surface area (Å²) in [5.41, 5.74) is 3.77. The molecule has 0 radical (unpaired) electrons. The van der Waals surface area contributed by atoms with Crippen molar-refractivity contribution in [2.75, 3.05) is 0 Å². The molecule has 3 nitrogen and oxygen atoms in total. The summed E-state index contributed by atoms with van der Waals surface area (Å²) < 4.78 is 15.3. The zero-order valence-electron chi connectivity index (χ0n) is 11.0. The third kappa shape index (κ3) is 3.29. The second kappa shape index (κ2) is 6.19. The Labute approximate surface area is 134 Å². The van der Waals surface area contributed by atoms with Crippen LogP contribution in [-0.2, 0) is 6.42 Å². The maximum absolute atomic E-state index is 13.3. The minimum Gasteiger partial charge on any atom is -0.271 e. The number of aromatic nitrogens is 1. The molecule has 0 spiro atoms. The molecule has 3 rings (SSSR count). The molecule has 108 valence electrons. The van der Waals surface area contributed by atoms with Gasteiger partial charge in [-0.2, -0.15) is 0 Å². The van der Waals surface area contributed by atoms with Crippen LogP contribution in [0.25, 0.3) is 10.1 Å². The summed E-state index contributed by atoms with van der Waals surface area (Å²) in [6, 6.07) is 10.7. The van der Waals surface area contributed by atoms with Gasteiger partial charge in [-0.1, -0.05) is 0 Å². The Balaban J connectivity index is 1.88. The van der Waals surface area contributed by atoms with Gasteiger partial charge in [0.1, 0.15) is 5.82 Å². The van der Waals surface area contributed by atoms with Crippen LogP contribution in [0.5, 0.6) is 0 Å². The number of nitrogens with one attached hydrogen (secondary N) is 1. The third-order valence-electron chi connectivity index (χ3n) is 3.24. The largest absolute Gasteiger partial charge is 0.271 e. The highest BCUT2D eigenvalue weighted by Crippen LogP contribution is 2.31. The summed E-state index contributed by atoms with van der Waals surface area (Å²) >= 11 is 4.98. The van der Waals surface area contributed by atoms with E-state index in [1.54, 1.807) is 29.7 Å². The number of hydrazine groups is 1. The molecule has 3 N–H and O–H groups in total. The first-order valence-electron chi connectivity index (χ1n) is 6.41. The van der Waals surface area contributed by atoms with Gasteiger partial charge < -0.3 is 0 Å². The first-order chi connectivity index (χ1) is 10.2. The minimum absolute atomic E-state index is 0.0425. The number of benzene rings is 1. The Kier molecular flexibility index (Phi) is 4.30. The summed E-state index contributed by atoms with van der Waals surface area (Å²) in [6.07, 6.45) is 2.45. The molecule has 1 unspecified atom stereocenters. The minimum atomic E-state index is -0.223. The highest BCUT2D eigenvalue weighted by Gasteiger charge is 2.15. The van der Waals surface area contributed by atoms with Crippen molar-refractivity contribution in [2.45, 2.75) is 12.5 Å². The number of halogens is 2. The summed E-state index contributed by atoms with van der Waals surface area (Å²) in [5.74, 6) is 5.46. The lowest BCUT2D eigenvalue weighted by Gasteiger charge is -2.13. The van der Waals surface area contributed by atoms with Crippen molar-refractivity contribution in [3.05, 3.63) is 63.5 Å². The van der Waals surface area contributed by atoms with E-state index in [-0.39, 0.29) is 11.9 Å². The molecular weight excluding hydrogens is 353 g/mol. The van der Waals surface area contributed by atoms with E-state index >= 15 is 0 Å². The highest BCUT2D eigenvalue weighted by molar-refractivity contribution is 9.10. The summed E-state index contributed by atoms with van der Waals surface area (Å²) in [4.78, 5) is 5.43. The van der Waals surface area contributed by atoms with Crippen LogP contribution in [0.15, 0.2) is 47.1 Å². The number of fused-ring (bicyclic) bond motifs is 1. The van der Waals surface area contributed by atoms with Gasteiger partial charge in [-0.25, -0.2) is 4.39 Å². The van der Waals surface area contributed by atoms with Crippen molar-refractivity contribution in [1.82, 2.24) is 10.4 Å². The van der Waals surface area contributed by atoms with Crippen molar-refractivity contribution in [1.29, 1.82) is 0 Å². The van der Waals surface area contributed by atoms with Crippen molar-refractivity contribution in [3.63, 3.8) is 0 Å². The molecule has 1 atom stereocenters. The average Bonchev–Trinajstić information content (AvgIpc) is 2.89. The Morgan fingerprint density at radius 3 is 2.86 bits per heavy atom. The average molecular weight is 366 g/mol. The molecule has 0 fully saturated rings. The van der Waals surface area contributed by atoms with Crippen LogP contribution in [0, 0.1) is 5.82 Å². The number of nitrogens with zero attached hydrogens (tertiary/aromatic N) is 1. The van der Waals surface area contributed by atoms with E-state index in [9.17, 15) is 4.39 Å². The molecule has 0 aliphatic rings. The van der Waals surface area contributed by atoms with E-state index < -0.39 is 0 Å². The quantitative estimate of drug-likeness (QED) is 0.543. The molecule has 0 saturated carbocycles. The van der Waals surface area contributed by atoms with Crippen LogP contribution in [0.2, 0.25) is 0 Å². The van der Waals surface area contributed by atoms with Crippen LogP contribution in [0.3, 0.4) is 0 Å². The fraction of sp³-hybridized carbons (Fsp3) is 0.133. The van der Waals surface area contributed by atoms with Gasteiger partial charge >= 0.3 is 0 Å². The molecule has 2 heterocycles. The Morgan fingerprint density at radius 2 is 2.14 bits per heavy atom. The molecule has 2 aromatic heterocycles. The first-order valence-corrected chi connectivity index (χ1v) is 8.02. The molecule has 21 heavy (non-hydrogen) atoms. The Bertz CT molecular complexity index is 757. The summed E-state index contributed by atoms with van der Waals surface area (Å²) in [5, 5.41) is 0.902. The van der Waals surface area contributed by atoms with E-state index in [1.807, 2.05) is 18.2 Å². The lowest BCUT2D eigenvalue weighted by Crippen LogP contribution is -2.29. The van der Waals surface area contributed by atoms with E-state index in [1.165, 1.54) is 6.07 Å². The van der Waals surface area contributed by atoms with Gasteiger partial charge in [-0.05, 0) is 57.7 Å². The SMILES string of the molecule is NNC(Cc1ccc(Br)cn1)c1cc2cc(F)ccc2s1. The van der Waals surface area contributed by atoms with Crippen LogP contribution in [0.1, 0.15) is 16.6 Å². The smallest absolute Gasteiger partial charge is 0.123 e. The van der Waals surface area contributed by atoms with Gasteiger partial charge in [0.2, 0.25) is 0 Å². The summed E-state index contributed by atoms with van der Waals surface area (Å²) in [7, 11) is 0. The lowest BCUT2D eigenvalue weighted by atomic mass is 10.1. The summed E-state index contributed by atoms with van der Waals surface area (Å²) in [6.45, 7) is 0. The van der Waals surface area contributed by atoms with E-state index in [0.717, 1.165) is 25.1 Å². The number of pyridine rings is 1. The number of hydrogen-bond acceptors (Lipinski definition) is 4. The topological polar surface area (TPSA) is 50.9 Å². The normalized spacial score (nSPS) is 12.7. The molecule has 0 amide bonds. The van der Waals surface area contributed by atoms with Gasteiger partial charge in [-0.3, -0.25) is 16.3 Å². The van der Waals surface area contributed by atoms with Gasteiger partial charge in [0.25, 0.3) is 0 Å². The van der Waals surface area contributed by atoms with Crippen molar-refractivity contribution in [3.8, 4) is 0 Å². The fourth-order valence-electron chi connectivity index (χ4n) is 2.18. The van der Waals surface area contributed by atoms with Crippen molar-refractivity contribution < 1.29 is 4.39 Å². The molecule has 6 heteroatoms. The van der Waals surface area contributed by atoms with E-state index in [4.69, 9.17) is 5.84 Å². The van der Waals surface area contributed by atoms with Gasteiger partial charge in [0, 0.05) is 32.4 Å². The number of hydrogen-bond donors (Lipinski definition) is 2. The molecule has 3 aromatic rings. The molecular formula is C15H13BrFN3S. The predicted molar refractivity (Wildman–Crippen MR) is 87.5 cm³/mol. The van der Waals surface area contributed by atoms with Crippen LogP contribution >= 0.6 is 27.3 Å². The number of nitrogens with two attached hydrogens (primary N) is 1. The molecule has 0 aliphatic carbocycles. The van der Waals surface area contributed by atoms with Crippen LogP contribution < -0.4 is 11.3 Å². The van der Waals surface area contributed by atoms with Crippen LogP contribution in [0.4, 0.5) is 4.39 Å².